The van der Waals surface area contributed by atoms with Gasteiger partial charge in [0, 0.05) is 17.2 Å². The zero-order valence-electron chi connectivity index (χ0n) is 16.4. The van der Waals surface area contributed by atoms with Gasteiger partial charge in [-0.2, -0.15) is 9.78 Å². The number of anilines is 1. The van der Waals surface area contributed by atoms with Gasteiger partial charge in [0.15, 0.2) is 23.0 Å². The molecule has 2 aromatic carbocycles. The number of fused-ring (bicyclic) bond motifs is 2. The minimum Gasteiger partial charge on any atom is -0.486 e. The van der Waals surface area contributed by atoms with Crippen LogP contribution in [-0.4, -0.2) is 48.0 Å². The van der Waals surface area contributed by atoms with E-state index in [4.69, 9.17) is 42.1 Å². The van der Waals surface area contributed by atoms with E-state index < -0.39 is 11.8 Å². The molecule has 1 amide bonds. The zero-order chi connectivity index (χ0) is 22.2. The average molecular weight is 476 g/mol. The van der Waals surface area contributed by atoms with Crippen LogP contribution in [0.25, 0.3) is 0 Å². The molecule has 0 unspecified atom stereocenters. The first kappa shape index (κ1) is 20.5. The number of nitrogens with zero attached hydrogens (tertiary/aromatic N) is 2. The predicted molar refractivity (Wildman–Crippen MR) is 115 cm³/mol. The predicted octanol–water partition coefficient (Wildman–Crippen LogP) is 3.67. The van der Waals surface area contributed by atoms with Crippen LogP contribution >= 0.6 is 23.2 Å². The highest BCUT2D eigenvalue weighted by Gasteiger charge is 2.23. The van der Waals surface area contributed by atoms with Crippen molar-refractivity contribution in [3.8, 4) is 23.0 Å². The number of halogens is 2. The smallest absolute Gasteiger partial charge is 0.280 e. The Morgan fingerprint density at radius 1 is 0.844 bits per heavy atom. The van der Waals surface area contributed by atoms with Crippen molar-refractivity contribution in [1.29, 1.82) is 0 Å². The van der Waals surface area contributed by atoms with Crippen LogP contribution in [-0.2, 0) is 0 Å². The summed E-state index contributed by atoms with van der Waals surface area (Å²) in [4.78, 5) is 25.9. The van der Waals surface area contributed by atoms with E-state index in [1.54, 1.807) is 0 Å². The summed E-state index contributed by atoms with van der Waals surface area (Å²) in [6.45, 7) is 1.46. The van der Waals surface area contributed by atoms with Gasteiger partial charge in [0.2, 0.25) is 0 Å². The van der Waals surface area contributed by atoms with Gasteiger partial charge in [0.25, 0.3) is 11.8 Å². The summed E-state index contributed by atoms with van der Waals surface area (Å²) in [7, 11) is 0. The first-order chi connectivity index (χ1) is 15.5. The lowest BCUT2D eigenvalue weighted by atomic mass is 10.1. The molecule has 0 spiro atoms. The van der Waals surface area contributed by atoms with Gasteiger partial charge in [-0.15, -0.1) is 0 Å². The second kappa shape index (κ2) is 8.25. The van der Waals surface area contributed by atoms with Gasteiger partial charge in [0.05, 0.1) is 16.2 Å². The summed E-state index contributed by atoms with van der Waals surface area (Å²) in [6.07, 6.45) is 1.39. The highest BCUT2D eigenvalue weighted by Crippen LogP contribution is 2.39. The monoisotopic (exact) mass is 475 g/mol. The van der Waals surface area contributed by atoms with E-state index in [0.29, 0.717) is 49.4 Å². The SMILES string of the molecule is O=C(Nc1ccnn1C(=O)c1cc(Cl)c2c(c1)OCCO2)c1cc(Cl)c2c(c1)OCCO2. The Morgan fingerprint density at radius 2 is 1.41 bits per heavy atom. The van der Waals surface area contributed by atoms with Gasteiger partial charge < -0.3 is 24.3 Å². The number of hydrogen-bond acceptors (Lipinski definition) is 7. The lowest BCUT2D eigenvalue weighted by Crippen LogP contribution is -2.22. The van der Waals surface area contributed by atoms with Crippen LogP contribution < -0.4 is 24.3 Å². The van der Waals surface area contributed by atoms with Gasteiger partial charge in [-0.25, -0.2) is 0 Å². The van der Waals surface area contributed by atoms with Crippen molar-refractivity contribution in [3.63, 3.8) is 0 Å². The van der Waals surface area contributed by atoms with E-state index in [2.05, 4.69) is 10.4 Å². The van der Waals surface area contributed by atoms with Crippen molar-refractivity contribution in [1.82, 2.24) is 9.78 Å². The normalized spacial score (nSPS) is 14.1. The molecule has 1 aromatic heterocycles. The Hall–Kier alpha value is -3.43. The molecule has 164 valence electrons. The van der Waals surface area contributed by atoms with E-state index >= 15 is 0 Å². The van der Waals surface area contributed by atoms with E-state index in [1.807, 2.05) is 0 Å². The molecule has 3 heterocycles. The van der Waals surface area contributed by atoms with E-state index in [-0.39, 0.29) is 27.0 Å². The molecule has 5 rings (SSSR count). The van der Waals surface area contributed by atoms with Crippen molar-refractivity contribution >= 4 is 40.8 Å². The fraction of sp³-hybridized carbons (Fsp3) is 0.190. The summed E-state index contributed by atoms with van der Waals surface area (Å²) in [5.41, 5.74) is 0.461. The number of rotatable bonds is 3. The van der Waals surface area contributed by atoms with E-state index in [0.717, 1.165) is 4.68 Å². The van der Waals surface area contributed by atoms with Crippen molar-refractivity contribution in [2.45, 2.75) is 0 Å². The molecule has 2 aliphatic rings. The van der Waals surface area contributed by atoms with E-state index in [9.17, 15) is 9.59 Å². The van der Waals surface area contributed by atoms with Crippen molar-refractivity contribution in [2.24, 2.45) is 0 Å². The molecule has 0 bridgehead atoms. The van der Waals surface area contributed by atoms with Gasteiger partial charge >= 0.3 is 0 Å². The van der Waals surface area contributed by atoms with Crippen LogP contribution in [0.1, 0.15) is 20.7 Å². The maximum absolute atomic E-state index is 13.1. The molecular weight excluding hydrogens is 461 g/mol. The molecule has 2 aliphatic heterocycles. The first-order valence-electron chi connectivity index (χ1n) is 9.59. The fourth-order valence-electron chi connectivity index (χ4n) is 3.35. The number of aromatic nitrogens is 2. The average Bonchev–Trinajstić information content (AvgIpc) is 3.26. The van der Waals surface area contributed by atoms with Crippen molar-refractivity contribution in [2.75, 3.05) is 31.7 Å². The molecule has 0 saturated heterocycles. The van der Waals surface area contributed by atoms with Crippen LogP contribution in [0.3, 0.4) is 0 Å². The number of carbonyl (C=O) groups is 2. The summed E-state index contributed by atoms with van der Waals surface area (Å²) >= 11 is 12.5. The highest BCUT2D eigenvalue weighted by molar-refractivity contribution is 6.33. The molecular formula is C21H15Cl2N3O6. The van der Waals surface area contributed by atoms with Crippen molar-refractivity contribution < 1.29 is 28.5 Å². The van der Waals surface area contributed by atoms with Crippen LogP contribution in [0.4, 0.5) is 5.82 Å². The van der Waals surface area contributed by atoms with Crippen LogP contribution in [0.15, 0.2) is 36.5 Å². The number of nitrogens with one attached hydrogen (secondary N) is 1. The zero-order valence-corrected chi connectivity index (χ0v) is 17.9. The van der Waals surface area contributed by atoms with Gasteiger partial charge in [-0.3, -0.25) is 9.59 Å². The van der Waals surface area contributed by atoms with Gasteiger partial charge in [-0.05, 0) is 24.3 Å². The second-order valence-corrected chi connectivity index (χ2v) is 7.67. The third kappa shape index (κ3) is 3.69. The molecule has 32 heavy (non-hydrogen) atoms. The summed E-state index contributed by atoms with van der Waals surface area (Å²) < 4.78 is 23.0. The molecule has 0 radical (unpaired) electrons. The third-order valence-corrected chi connectivity index (χ3v) is 5.34. The second-order valence-electron chi connectivity index (χ2n) is 6.85. The number of hydrogen-bond donors (Lipinski definition) is 1. The first-order valence-corrected chi connectivity index (χ1v) is 10.4. The minimum atomic E-state index is -0.510. The number of benzene rings is 2. The quantitative estimate of drug-likeness (QED) is 0.616. The topological polar surface area (TPSA) is 101 Å². The molecule has 0 fully saturated rings. The summed E-state index contributed by atoms with van der Waals surface area (Å²) in [5, 5.41) is 7.20. The summed E-state index contributed by atoms with van der Waals surface area (Å²) in [6, 6.07) is 7.48. The Labute approximate surface area is 191 Å². The van der Waals surface area contributed by atoms with E-state index in [1.165, 1.54) is 36.5 Å². The Bertz CT molecular complexity index is 1240. The van der Waals surface area contributed by atoms with Crippen molar-refractivity contribution in [3.05, 3.63) is 57.7 Å². The number of amides is 1. The maximum atomic E-state index is 13.1. The molecule has 9 nitrogen and oxygen atoms in total. The molecule has 3 aromatic rings. The molecule has 0 saturated carbocycles. The van der Waals surface area contributed by atoms with Gasteiger partial charge in [0.1, 0.15) is 32.2 Å². The van der Waals surface area contributed by atoms with Gasteiger partial charge in [-0.1, -0.05) is 23.2 Å². The largest absolute Gasteiger partial charge is 0.486 e. The Balaban J connectivity index is 1.41. The lowest BCUT2D eigenvalue weighted by Gasteiger charge is -2.20. The third-order valence-electron chi connectivity index (χ3n) is 4.78. The Kier molecular flexibility index (Phi) is 5.28. The maximum Gasteiger partial charge on any atom is 0.280 e. The fourth-order valence-corrected chi connectivity index (χ4v) is 3.88. The number of carbonyl (C=O) groups excluding carboxylic acids is 2. The minimum absolute atomic E-state index is 0.164. The molecule has 0 aliphatic carbocycles. The summed E-state index contributed by atoms with van der Waals surface area (Å²) in [5.74, 6) is 0.685. The number of ether oxygens (including phenoxy) is 4. The molecule has 11 heteroatoms. The Morgan fingerprint density at radius 3 is 2.06 bits per heavy atom. The standard InChI is InChI=1S/C21H15Cl2N3O6/c22-13-7-11(9-15-18(13)31-5-3-29-15)20(27)25-17-1-2-24-26(17)21(28)12-8-14(23)19-16(10-12)30-4-6-32-19/h1-2,7-10H,3-6H2,(H,25,27). The van der Waals surface area contributed by atoms with Crippen LogP contribution in [0.2, 0.25) is 10.0 Å². The highest BCUT2D eigenvalue weighted by atomic mass is 35.5. The van der Waals surface area contributed by atoms with Crippen LogP contribution in [0, 0.1) is 0 Å². The van der Waals surface area contributed by atoms with Crippen LogP contribution in [0.5, 0.6) is 23.0 Å². The lowest BCUT2D eigenvalue weighted by molar-refractivity contribution is 0.0946. The molecule has 0 atom stereocenters. The molecule has 1 N–H and O–H groups in total.